The van der Waals surface area contributed by atoms with Gasteiger partial charge in [0, 0.05) is 19.6 Å². The Balaban J connectivity index is 1.93. The summed E-state index contributed by atoms with van der Waals surface area (Å²) >= 11 is 2.76. The molecule has 2 atom stereocenters. The summed E-state index contributed by atoms with van der Waals surface area (Å²) in [4.78, 5) is 14.0. The number of anilines is 1. The SMILES string of the molecule is CCNc1nnc(S[C@H](C)C(=O)N(C)[C@H]2CCS(=O)(=O)C2)s1. The fourth-order valence-electron chi connectivity index (χ4n) is 2.23. The van der Waals surface area contributed by atoms with E-state index in [9.17, 15) is 13.2 Å². The quantitative estimate of drug-likeness (QED) is 0.756. The molecule has 1 aliphatic rings. The molecule has 7 nitrogen and oxygen atoms in total. The highest BCUT2D eigenvalue weighted by molar-refractivity contribution is 8.02. The van der Waals surface area contributed by atoms with Crippen molar-refractivity contribution < 1.29 is 13.2 Å². The predicted octanol–water partition coefficient (Wildman–Crippen LogP) is 1.10. The molecule has 2 rings (SSSR count). The number of carbonyl (C=O) groups is 1. The molecule has 1 amide bonds. The molecule has 1 saturated heterocycles. The molecule has 1 aromatic rings. The van der Waals surface area contributed by atoms with Crippen LogP contribution in [-0.4, -0.2) is 65.8 Å². The second-order valence-corrected chi connectivity index (χ2v) is 9.96. The van der Waals surface area contributed by atoms with Crippen LogP contribution in [0, 0.1) is 0 Å². The molecule has 2 heterocycles. The summed E-state index contributed by atoms with van der Waals surface area (Å²) in [6, 6.07) is -0.215. The van der Waals surface area contributed by atoms with Gasteiger partial charge in [-0.25, -0.2) is 8.42 Å². The third-order valence-corrected chi connectivity index (χ3v) is 7.27. The minimum atomic E-state index is -2.99. The highest BCUT2D eigenvalue weighted by Crippen LogP contribution is 2.30. The summed E-state index contributed by atoms with van der Waals surface area (Å²) in [6.45, 7) is 4.55. The van der Waals surface area contributed by atoms with Crippen LogP contribution >= 0.6 is 23.1 Å². The van der Waals surface area contributed by atoms with Crippen molar-refractivity contribution in [1.29, 1.82) is 0 Å². The Kier molecular flexibility index (Phi) is 5.67. The maximum Gasteiger partial charge on any atom is 0.235 e. The number of amides is 1. The first-order valence-corrected chi connectivity index (χ1v) is 10.5. The molecule has 0 radical (unpaired) electrons. The monoisotopic (exact) mass is 364 g/mol. The number of nitrogens with zero attached hydrogens (tertiary/aromatic N) is 3. The Morgan fingerprint density at radius 1 is 1.55 bits per heavy atom. The van der Waals surface area contributed by atoms with E-state index in [2.05, 4.69) is 15.5 Å². The van der Waals surface area contributed by atoms with Crippen molar-refractivity contribution in [2.45, 2.75) is 35.9 Å². The third-order valence-electron chi connectivity index (χ3n) is 3.46. The van der Waals surface area contributed by atoms with Crippen molar-refractivity contribution >= 4 is 44.0 Å². The van der Waals surface area contributed by atoms with Gasteiger partial charge in [0.05, 0.1) is 16.8 Å². The molecule has 10 heteroatoms. The normalized spacial score (nSPS) is 21.5. The third kappa shape index (κ3) is 4.32. The molecular weight excluding hydrogens is 344 g/mol. The Bertz CT molecular complexity index is 631. The Morgan fingerprint density at radius 2 is 2.27 bits per heavy atom. The largest absolute Gasteiger partial charge is 0.360 e. The van der Waals surface area contributed by atoms with Gasteiger partial charge in [-0.2, -0.15) is 0 Å². The summed E-state index contributed by atoms with van der Waals surface area (Å²) in [7, 11) is -1.32. The van der Waals surface area contributed by atoms with Crippen LogP contribution in [0.15, 0.2) is 4.34 Å². The summed E-state index contributed by atoms with van der Waals surface area (Å²) in [5.74, 6) is 0.155. The zero-order valence-electron chi connectivity index (χ0n) is 12.8. The first-order valence-electron chi connectivity index (χ1n) is 7.03. The second-order valence-electron chi connectivity index (χ2n) is 5.17. The van der Waals surface area contributed by atoms with Crippen LogP contribution in [-0.2, 0) is 14.6 Å². The standard InChI is InChI=1S/C12H20N4O3S3/c1-4-13-11-14-15-12(21-11)20-8(2)10(17)16(3)9-5-6-22(18,19)7-9/h8-9H,4-7H2,1-3H3,(H,13,14)/t8-,9+/m1/s1. The Hall–Kier alpha value is -0.870. The molecule has 0 saturated carbocycles. The summed E-state index contributed by atoms with van der Waals surface area (Å²) in [5.41, 5.74) is 0. The number of hydrogen-bond donors (Lipinski definition) is 1. The van der Waals surface area contributed by atoms with Gasteiger partial charge < -0.3 is 10.2 Å². The van der Waals surface area contributed by atoms with Gasteiger partial charge in [-0.05, 0) is 20.3 Å². The fraction of sp³-hybridized carbons (Fsp3) is 0.750. The van der Waals surface area contributed by atoms with Crippen LogP contribution in [0.4, 0.5) is 5.13 Å². The number of carbonyl (C=O) groups excluding carboxylic acids is 1. The molecule has 0 spiro atoms. The van der Waals surface area contributed by atoms with Crippen LogP contribution in [0.25, 0.3) is 0 Å². The first-order chi connectivity index (χ1) is 10.3. The lowest BCUT2D eigenvalue weighted by molar-refractivity contribution is -0.130. The number of nitrogens with one attached hydrogen (secondary N) is 1. The zero-order valence-corrected chi connectivity index (χ0v) is 15.2. The topological polar surface area (TPSA) is 92.3 Å². The van der Waals surface area contributed by atoms with Crippen molar-refractivity contribution in [1.82, 2.24) is 15.1 Å². The molecule has 0 aliphatic carbocycles. The molecule has 0 unspecified atom stereocenters. The lowest BCUT2D eigenvalue weighted by atomic mass is 10.2. The highest BCUT2D eigenvalue weighted by atomic mass is 32.2. The minimum Gasteiger partial charge on any atom is -0.360 e. The molecule has 1 N–H and O–H groups in total. The van der Waals surface area contributed by atoms with Crippen LogP contribution in [0.2, 0.25) is 0 Å². The van der Waals surface area contributed by atoms with Gasteiger partial charge in [0.25, 0.3) is 0 Å². The van der Waals surface area contributed by atoms with Crippen LogP contribution < -0.4 is 5.32 Å². The number of sulfone groups is 1. The summed E-state index contributed by atoms with van der Waals surface area (Å²) < 4.78 is 23.8. The van der Waals surface area contributed by atoms with Gasteiger partial charge in [-0.1, -0.05) is 23.1 Å². The zero-order chi connectivity index (χ0) is 16.3. The van der Waals surface area contributed by atoms with Crippen molar-refractivity contribution in [2.75, 3.05) is 30.4 Å². The maximum absolute atomic E-state index is 12.4. The highest BCUT2D eigenvalue weighted by Gasteiger charge is 2.34. The number of thioether (sulfide) groups is 1. The summed E-state index contributed by atoms with van der Waals surface area (Å²) in [6.07, 6.45) is 0.519. The predicted molar refractivity (Wildman–Crippen MR) is 89.2 cm³/mol. The molecule has 0 aromatic carbocycles. The average Bonchev–Trinajstić information content (AvgIpc) is 3.04. The lowest BCUT2D eigenvalue weighted by Crippen LogP contribution is -2.41. The van der Waals surface area contributed by atoms with Gasteiger partial charge in [0.1, 0.15) is 0 Å². The van der Waals surface area contributed by atoms with Gasteiger partial charge in [0.2, 0.25) is 11.0 Å². The van der Waals surface area contributed by atoms with Crippen molar-refractivity contribution in [2.24, 2.45) is 0 Å². The summed E-state index contributed by atoms with van der Waals surface area (Å²) in [5, 5.41) is 11.5. The van der Waals surface area contributed by atoms with Crippen LogP contribution in [0.3, 0.4) is 0 Å². The number of hydrogen-bond acceptors (Lipinski definition) is 8. The van der Waals surface area contributed by atoms with Crippen molar-refractivity contribution in [3.05, 3.63) is 0 Å². The second kappa shape index (κ2) is 7.14. The Labute approximate surface area is 138 Å². The smallest absolute Gasteiger partial charge is 0.235 e. The van der Waals surface area contributed by atoms with Crippen molar-refractivity contribution in [3.8, 4) is 0 Å². The van der Waals surface area contributed by atoms with Crippen LogP contribution in [0.5, 0.6) is 0 Å². The Morgan fingerprint density at radius 3 is 2.86 bits per heavy atom. The number of rotatable bonds is 6. The molecule has 1 aromatic heterocycles. The van der Waals surface area contributed by atoms with E-state index in [0.717, 1.165) is 16.0 Å². The molecule has 124 valence electrons. The van der Waals surface area contributed by atoms with E-state index in [1.165, 1.54) is 23.1 Å². The van der Waals surface area contributed by atoms with E-state index < -0.39 is 9.84 Å². The van der Waals surface area contributed by atoms with Gasteiger partial charge in [-0.15, -0.1) is 10.2 Å². The van der Waals surface area contributed by atoms with Crippen molar-refractivity contribution in [3.63, 3.8) is 0 Å². The maximum atomic E-state index is 12.4. The molecule has 22 heavy (non-hydrogen) atoms. The van der Waals surface area contributed by atoms with E-state index >= 15 is 0 Å². The van der Waals surface area contributed by atoms with E-state index in [0.29, 0.717) is 6.42 Å². The van der Waals surface area contributed by atoms with Gasteiger partial charge >= 0.3 is 0 Å². The molecule has 0 bridgehead atoms. The van der Waals surface area contributed by atoms with E-state index in [1.807, 2.05) is 6.92 Å². The molecule has 1 fully saturated rings. The number of aromatic nitrogens is 2. The van der Waals surface area contributed by atoms with E-state index in [-0.39, 0.29) is 28.7 Å². The fourth-order valence-corrected chi connectivity index (χ4v) is 6.07. The van der Waals surface area contributed by atoms with E-state index in [4.69, 9.17) is 0 Å². The van der Waals surface area contributed by atoms with Gasteiger partial charge in [0.15, 0.2) is 14.2 Å². The molecule has 1 aliphatic heterocycles. The van der Waals surface area contributed by atoms with Crippen LogP contribution in [0.1, 0.15) is 20.3 Å². The first kappa shape index (κ1) is 17.5. The van der Waals surface area contributed by atoms with Gasteiger partial charge in [-0.3, -0.25) is 4.79 Å². The minimum absolute atomic E-state index is 0.0655. The molecular formula is C12H20N4O3S3. The lowest BCUT2D eigenvalue weighted by Gasteiger charge is -2.25. The average molecular weight is 365 g/mol. The van der Waals surface area contributed by atoms with E-state index in [1.54, 1.807) is 18.9 Å².